The molecule has 1 heterocycles. The summed E-state index contributed by atoms with van der Waals surface area (Å²) in [5.41, 5.74) is 0.0570. The van der Waals surface area contributed by atoms with Gasteiger partial charge in [0, 0.05) is 17.3 Å². The Bertz CT molecular complexity index is 975. The van der Waals surface area contributed by atoms with Crippen LogP contribution in [0.5, 0.6) is 5.75 Å². The molecular formula is C16H12FN5O4. The largest absolute Gasteiger partial charge is 0.490 e. The lowest BCUT2D eigenvalue weighted by Gasteiger charge is -2.09. The number of nitrogens with one attached hydrogen (secondary N) is 1. The first-order valence-electron chi connectivity index (χ1n) is 7.28. The van der Waals surface area contributed by atoms with Crippen LogP contribution in [0.2, 0.25) is 0 Å². The van der Waals surface area contributed by atoms with Gasteiger partial charge in [-0.25, -0.2) is 14.1 Å². The molecule has 26 heavy (non-hydrogen) atoms. The summed E-state index contributed by atoms with van der Waals surface area (Å²) in [6.45, 7) is 0. The quantitative estimate of drug-likeness (QED) is 0.555. The van der Waals surface area contributed by atoms with E-state index in [2.05, 4.69) is 15.4 Å². The number of methoxy groups -OCH3 is 1. The summed E-state index contributed by atoms with van der Waals surface area (Å²) in [5.74, 6) is -1.20. The Morgan fingerprint density at radius 3 is 2.73 bits per heavy atom. The highest BCUT2D eigenvalue weighted by Crippen LogP contribution is 2.28. The van der Waals surface area contributed by atoms with Crippen molar-refractivity contribution in [3.63, 3.8) is 0 Å². The monoisotopic (exact) mass is 357 g/mol. The predicted molar refractivity (Wildman–Crippen MR) is 88.9 cm³/mol. The minimum absolute atomic E-state index is 0.0368. The van der Waals surface area contributed by atoms with Crippen molar-refractivity contribution in [3.8, 4) is 11.4 Å². The van der Waals surface area contributed by atoms with Crippen molar-refractivity contribution in [3.05, 3.63) is 70.5 Å². The molecule has 2 aromatic carbocycles. The Kier molecular flexibility index (Phi) is 4.56. The molecule has 0 saturated heterocycles. The van der Waals surface area contributed by atoms with Gasteiger partial charge in [-0.3, -0.25) is 14.9 Å². The summed E-state index contributed by atoms with van der Waals surface area (Å²) in [7, 11) is 1.29. The molecule has 0 unspecified atom stereocenters. The molecular weight excluding hydrogens is 345 g/mol. The second-order valence-corrected chi connectivity index (χ2v) is 5.10. The van der Waals surface area contributed by atoms with E-state index in [1.807, 2.05) is 0 Å². The number of aromatic nitrogens is 3. The van der Waals surface area contributed by atoms with E-state index < -0.39 is 16.6 Å². The number of halogens is 1. The maximum atomic E-state index is 14.2. The van der Waals surface area contributed by atoms with Crippen LogP contribution in [-0.4, -0.2) is 32.7 Å². The van der Waals surface area contributed by atoms with Gasteiger partial charge < -0.3 is 10.1 Å². The molecule has 0 fully saturated rings. The van der Waals surface area contributed by atoms with Gasteiger partial charge in [-0.2, -0.15) is 5.10 Å². The number of nitro groups is 1. The van der Waals surface area contributed by atoms with Crippen molar-refractivity contribution in [2.45, 2.75) is 0 Å². The Hall–Kier alpha value is -3.82. The van der Waals surface area contributed by atoms with Gasteiger partial charge in [0.1, 0.15) is 18.3 Å². The van der Waals surface area contributed by atoms with Crippen LogP contribution < -0.4 is 10.1 Å². The average Bonchev–Trinajstić information content (AvgIpc) is 3.15. The fourth-order valence-electron chi connectivity index (χ4n) is 2.28. The normalized spacial score (nSPS) is 10.4. The van der Waals surface area contributed by atoms with Gasteiger partial charge in [-0.05, 0) is 30.3 Å². The zero-order valence-electron chi connectivity index (χ0n) is 13.4. The van der Waals surface area contributed by atoms with E-state index >= 15 is 0 Å². The zero-order chi connectivity index (χ0) is 18.7. The number of carbonyl (C=O) groups excluding carboxylic acids is 1. The maximum Gasteiger partial charge on any atom is 0.311 e. The fraction of sp³-hybridized carbons (Fsp3) is 0.0625. The molecule has 0 bridgehead atoms. The minimum atomic E-state index is -0.651. The first-order chi connectivity index (χ1) is 12.5. The molecule has 1 amide bonds. The number of hydrogen-bond acceptors (Lipinski definition) is 6. The van der Waals surface area contributed by atoms with Gasteiger partial charge in [-0.15, -0.1) is 0 Å². The third-order valence-corrected chi connectivity index (χ3v) is 3.51. The molecule has 3 rings (SSSR count). The van der Waals surface area contributed by atoms with Crippen LogP contribution in [0, 0.1) is 15.9 Å². The summed E-state index contributed by atoms with van der Waals surface area (Å²) < 4.78 is 20.3. The third kappa shape index (κ3) is 3.34. The highest BCUT2D eigenvalue weighted by Gasteiger charge is 2.18. The highest BCUT2D eigenvalue weighted by molar-refractivity contribution is 6.04. The van der Waals surface area contributed by atoms with Crippen molar-refractivity contribution in [2.24, 2.45) is 0 Å². The first kappa shape index (κ1) is 17.0. The lowest BCUT2D eigenvalue weighted by molar-refractivity contribution is -0.385. The lowest BCUT2D eigenvalue weighted by atomic mass is 10.1. The van der Waals surface area contributed by atoms with Crippen LogP contribution in [-0.2, 0) is 0 Å². The molecule has 0 saturated carbocycles. The summed E-state index contributed by atoms with van der Waals surface area (Å²) in [4.78, 5) is 26.4. The molecule has 0 radical (unpaired) electrons. The number of amides is 1. The van der Waals surface area contributed by atoms with E-state index in [-0.39, 0.29) is 28.4 Å². The standard InChI is InChI=1S/C16H12FN5O4/c1-26-15-5-2-10(6-14(15)22(24)25)16(23)20-11-3-4-13(12(17)7-11)21-9-18-8-19-21/h2-9H,1H3,(H,20,23). The van der Waals surface area contributed by atoms with Gasteiger partial charge in [0.2, 0.25) is 0 Å². The van der Waals surface area contributed by atoms with Crippen molar-refractivity contribution in [1.29, 1.82) is 0 Å². The first-order valence-corrected chi connectivity index (χ1v) is 7.28. The molecule has 1 aromatic heterocycles. The zero-order valence-corrected chi connectivity index (χ0v) is 13.4. The van der Waals surface area contributed by atoms with Crippen molar-refractivity contribution in [1.82, 2.24) is 14.8 Å². The predicted octanol–water partition coefficient (Wildman–Crippen LogP) is 2.58. The third-order valence-electron chi connectivity index (χ3n) is 3.51. The number of benzene rings is 2. The van der Waals surface area contributed by atoms with Gasteiger partial charge >= 0.3 is 5.69 Å². The molecule has 3 aromatic rings. The SMILES string of the molecule is COc1ccc(C(=O)Nc2ccc(-n3cncn3)c(F)c2)cc1[N+](=O)[O-]. The fourth-order valence-corrected chi connectivity index (χ4v) is 2.28. The van der Waals surface area contributed by atoms with Crippen molar-refractivity contribution < 1.29 is 18.8 Å². The van der Waals surface area contributed by atoms with Gasteiger partial charge in [0.05, 0.1) is 12.0 Å². The van der Waals surface area contributed by atoms with E-state index in [1.54, 1.807) is 0 Å². The van der Waals surface area contributed by atoms with Crippen LogP contribution in [0.3, 0.4) is 0 Å². The molecule has 0 atom stereocenters. The molecule has 1 N–H and O–H groups in total. The van der Waals surface area contributed by atoms with Crippen LogP contribution in [0.25, 0.3) is 5.69 Å². The molecule has 0 spiro atoms. The number of hydrogen-bond donors (Lipinski definition) is 1. The van der Waals surface area contributed by atoms with E-state index in [0.29, 0.717) is 0 Å². The van der Waals surface area contributed by atoms with E-state index in [1.165, 1.54) is 48.7 Å². The summed E-state index contributed by atoms with van der Waals surface area (Å²) >= 11 is 0. The molecule has 9 nitrogen and oxygen atoms in total. The number of ether oxygens (including phenoxy) is 1. The lowest BCUT2D eigenvalue weighted by Crippen LogP contribution is -2.13. The smallest absolute Gasteiger partial charge is 0.311 e. The van der Waals surface area contributed by atoms with E-state index in [0.717, 1.165) is 12.1 Å². The topological polar surface area (TPSA) is 112 Å². The molecule has 10 heteroatoms. The molecule has 0 aliphatic carbocycles. The molecule has 0 aliphatic rings. The Morgan fingerprint density at radius 1 is 1.31 bits per heavy atom. The van der Waals surface area contributed by atoms with E-state index in [9.17, 15) is 19.3 Å². The van der Waals surface area contributed by atoms with Gasteiger partial charge in [0.25, 0.3) is 5.91 Å². The summed E-state index contributed by atoms with van der Waals surface area (Å²) in [5, 5.41) is 17.4. The van der Waals surface area contributed by atoms with Crippen LogP contribution in [0.1, 0.15) is 10.4 Å². The highest BCUT2D eigenvalue weighted by atomic mass is 19.1. The molecule has 0 aliphatic heterocycles. The summed E-state index contributed by atoms with van der Waals surface area (Å²) in [6.07, 6.45) is 2.61. The van der Waals surface area contributed by atoms with Crippen LogP contribution in [0.15, 0.2) is 49.1 Å². The Morgan fingerprint density at radius 2 is 2.12 bits per heavy atom. The summed E-state index contributed by atoms with van der Waals surface area (Å²) in [6, 6.07) is 7.82. The number of rotatable bonds is 5. The number of anilines is 1. The number of carbonyl (C=O) groups is 1. The second-order valence-electron chi connectivity index (χ2n) is 5.10. The van der Waals surface area contributed by atoms with E-state index in [4.69, 9.17) is 4.74 Å². The number of nitro benzene ring substituents is 1. The Labute approximate surface area is 146 Å². The van der Waals surface area contributed by atoms with Crippen LogP contribution in [0.4, 0.5) is 15.8 Å². The Balaban J connectivity index is 1.83. The number of nitrogens with zero attached hydrogens (tertiary/aromatic N) is 4. The van der Waals surface area contributed by atoms with Crippen molar-refractivity contribution >= 4 is 17.3 Å². The average molecular weight is 357 g/mol. The van der Waals surface area contributed by atoms with Gasteiger partial charge in [-0.1, -0.05) is 0 Å². The minimum Gasteiger partial charge on any atom is -0.490 e. The van der Waals surface area contributed by atoms with Gasteiger partial charge in [0.15, 0.2) is 11.6 Å². The van der Waals surface area contributed by atoms with Crippen molar-refractivity contribution in [2.75, 3.05) is 12.4 Å². The van der Waals surface area contributed by atoms with Crippen LogP contribution >= 0.6 is 0 Å². The second kappa shape index (κ2) is 6.97. The maximum absolute atomic E-state index is 14.2. The molecule has 132 valence electrons.